The van der Waals surface area contributed by atoms with E-state index in [1.54, 1.807) is 0 Å². The maximum atomic E-state index is 12.3. The van der Waals surface area contributed by atoms with Crippen molar-refractivity contribution in [3.05, 3.63) is 24.3 Å². The second-order valence-corrected chi connectivity index (χ2v) is 3.51. The Kier molecular flexibility index (Phi) is 2.45. The highest BCUT2D eigenvalue weighted by molar-refractivity contribution is 6.35. The van der Waals surface area contributed by atoms with E-state index in [1.807, 2.05) is 0 Å². The Bertz CT molecular complexity index is 231. The zero-order valence-corrected chi connectivity index (χ0v) is 7.29. The largest absolute Gasteiger partial charge is 0.412 e. The van der Waals surface area contributed by atoms with Gasteiger partial charge in [0, 0.05) is 0 Å². The maximum absolute atomic E-state index is 12.3. The molecule has 0 radical (unpaired) electrons. The molecule has 0 nitrogen and oxygen atoms in total. The Morgan fingerprint density at radius 3 is 2.17 bits per heavy atom. The predicted molar refractivity (Wildman–Crippen MR) is 42.6 cm³/mol. The van der Waals surface area contributed by atoms with Crippen LogP contribution in [0.3, 0.4) is 0 Å². The first-order valence-corrected chi connectivity index (χ1v) is 3.95. The third-order valence-electron chi connectivity index (χ3n) is 1.57. The van der Waals surface area contributed by atoms with Crippen molar-refractivity contribution in [1.29, 1.82) is 0 Å². The molecule has 2 atom stereocenters. The van der Waals surface area contributed by atoms with Gasteiger partial charge in [0.05, 0.1) is 5.38 Å². The van der Waals surface area contributed by atoms with Gasteiger partial charge >= 0.3 is 6.18 Å². The summed E-state index contributed by atoms with van der Waals surface area (Å²) in [6.07, 6.45) is 0.208. The molecule has 12 heavy (non-hydrogen) atoms. The van der Waals surface area contributed by atoms with E-state index in [0.29, 0.717) is 0 Å². The number of alkyl halides is 5. The van der Waals surface area contributed by atoms with Gasteiger partial charge in [-0.25, -0.2) is 0 Å². The molecule has 1 aliphatic rings. The Hall–Kier alpha value is -0.150. The van der Waals surface area contributed by atoms with Crippen LogP contribution in [-0.4, -0.2) is 16.4 Å². The minimum atomic E-state index is -4.53. The van der Waals surface area contributed by atoms with Crippen LogP contribution >= 0.6 is 23.2 Å². The molecular weight excluding hydrogens is 212 g/mol. The summed E-state index contributed by atoms with van der Waals surface area (Å²) in [7, 11) is 0. The summed E-state index contributed by atoms with van der Waals surface area (Å²) in [4.78, 5) is -2.46. The quantitative estimate of drug-likeness (QED) is 0.546. The zero-order valence-electron chi connectivity index (χ0n) is 5.78. The fraction of sp³-hybridized carbons (Fsp3) is 0.429. The van der Waals surface area contributed by atoms with Crippen LogP contribution in [0.1, 0.15) is 0 Å². The molecule has 68 valence electrons. The van der Waals surface area contributed by atoms with Gasteiger partial charge in [-0.3, -0.25) is 0 Å². The molecule has 0 aliphatic heterocycles. The molecule has 0 saturated heterocycles. The highest BCUT2D eigenvalue weighted by Gasteiger charge is 2.56. The third-order valence-corrected chi connectivity index (χ3v) is 2.74. The van der Waals surface area contributed by atoms with Crippen molar-refractivity contribution in [1.82, 2.24) is 0 Å². The molecule has 0 amide bonds. The monoisotopic (exact) mass is 216 g/mol. The van der Waals surface area contributed by atoms with E-state index in [0.717, 1.165) is 6.08 Å². The summed E-state index contributed by atoms with van der Waals surface area (Å²) < 4.78 is 36.8. The third kappa shape index (κ3) is 1.48. The van der Waals surface area contributed by atoms with Crippen LogP contribution in [0.4, 0.5) is 13.2 Å². The highest BCUT2D eigenvalue weighted by atomic mass is 35.5. The normalized spacial score (nSPS) is 35.6. The average molecular weight is 217 g/mol. The van der Waals surface area contributed by atoms with E-state index in [-0.39, 0.29) is 0 Å². The van der Waals surface area contributed by atoms with Crippen LogP contribution < -0.4 is 0 Å². The first-order valence-electron chi connectivity index (χ1n) is 3.13. The van der Waals surface area contributed by atoms with Crippen molar-refractivity contribution in [2.45, 2.75) is 16.4 Å². The molecule has 0 aromatic carbocycles. The second kappa shape index (κ2) is 2.96. The molecule has 0 heterocycles. The molecule has 5 heteroatoms. The topological polar surface area (TPSA) is 0 Å². The Morgan fingerprint density at radius 2 is 1.83 bits per heavy atom. The Balaban J connectivity index is 2.99. The van der Waals surface area contributed by atoms with Crippen LogP contribution in [0.25, 0.3) is 0 Å². The maximum Gasteiger partial charge on any atom is 0.412 e. The van der Waals surface area contributed by atoms with E-state index in [9.17, 15) is 13.2 Å². The lowest BCUT2D eigenvalue weighted by Gasteiger charge is -2.30. The molecule has 0 saturated carbocycles. The standard InChI is InChI=1S/C7H5Cl2F3/c8-5-3-1-2-4-6(5,9)7(10,11)12/h1-5H. The van der Waals surface area contributed by atoms with E-state index < -0.39 is 16.4 Å². The highest BCUT2D eigenvalue weighted by Crippen LogP contribution is 2.44. The lowest BCUT2D eigenvalue weighted by molar-refractivity contribution is -0.148. The molecule has 2 unspecified atom stereocenters. The molecule has 0 N–H and O–H groups in total. The first kappa shape index (κ1) is 9.93. The number of hydrogen-bond donors (Lipinski definition) is 0. The molecule has 0 aromatic heterocycles. The smallest absolute Gasteiger partial charge is 0.169 e. The minimum absolute atomic E-state index is 0.853. The fourth-order valence-corrected chi connectivity index (χ4v) is 1.27. The lowest BCUT2D eigenvalue weighted by Crippen LogP contribution is -2.45. The number of halogens is 5. The molecule has 0 spiro atoms. The van der Waals surface area contributed by atoms with Gasteiger partial charge in [0.25, 0.3) is 0 Å². The van der Waals surface area contributed by atoms with Gasteiger partial charge in [0.15, 0.2) is 4.87 Å². The number of hydrogen-bond acceptors (Lipinski definition) is 0. The van der Waals surface area contributed by atoms with Crippen molar-refractivity contribution in [3.8, 4) is 0 Å². The van der Waals surface area contributed by atoms with Crippen molar-refractivity contribution < 1.29 is 13.2 Å². The lowest BCUT2D eigenvalue weighted by atomic mass is 9.99. The number of rotatable bonds is 0. The van der Waals surface area contributed by atoms with Gasteiger partial charge in [-0.15, -0.1) is 23.2 Å². The van der Waals surface area contributed by atoms with Gasteiger partial charge < -0.3 is 0 Å². The Labute approximate surface area is 77.6 Å². The van der Waals surface area contributed by atoms with E-state index in [2.05, 4.69) is 0 Å². The van der Waals surface area contributed by atoms with E-state index in [4.69, 9.17) is 23.2 Å². The predicted octanol–water partition coefficient (Wildman–Crippen LogP) is 3.26. The van der Waals surface area contributed by atoms with Crippen molar-refractivity contribution in [3.63, 3.8) is 0 Å². The summed E-state index contributed by atoms with van der Waals surface area (Å²) in [6.45, 7) is 0. The molecule has 0 bridgehead atoms. The summed E-state index contributed by atoms with van der Waals surface area (Å²) >= 11 is 10.7. The van der Waals surface area contributed by atoms with Gasteiger partial charge in [0.2, 0.25) is 0 Å². The first-order chi connectivity index (χ1) is 5.38. The van der Waals surface area contributed by atoms with Crippen molar-refractivity contribution in [2.24, 2.45) is 0 Å². The second-order valence-electron chi connectivity index (χ2n) is 2.41. The van der Waals surface area contributed by atoms with Crippen LogP contribution in [0, 0.1) is 0 Å². The molecule has 1 rings (SSSR count). The summed E-state index contributed by atoms with van der Waals surface area (Å²) in [5, 5.41) is -1.25. The molecule has 1 aliphatic carbocycles. The zero-order chi connectivity index (χ0) is 9.41. The van der Waals surface area contributed by atoms with Crippen LogP contribution in [0.15, 0.2) is 24.3 Å². The average Bonchev–Trinajstić information content (AvgIpc) is 1.93. The SMILES string of the molecule is FC(F)(F)C1(Cl)C=CC=CC1Cl. The van der Waals surface area contributed by atoms with Crippen LogP contribution in [0.5, 0.6) is 0 Å². The minimum Gasteiger partial charge on any atom is -0.169 e. The van der Waals surface area contributed by atoms with E-state index in [1.165, 1.54) is 18.2 Å². The molecule has 0 aromatic rings. The van der Waals surface area contributed by atoms with E-state index >= 15 is 0 Å². The van der Waals surface area contributed by atoms with Crippen LogP contribution in [-0.2, 0) is 0 Å². The van der Waals surface area contributed by atoms with Gasteiger partial charge in [0.1, 0.15) is 0 Å². The van der Waals surface area contributed by atoms with Crippen LogP contribution in [0.2, 0.25) is 0 Å². The Morgan fingerprint density at radius 1 is 1.25 bits per heavy atom. The number of allylic oxidation sites excluding steroid dienone is 4. The van der Waals surface area contributed by atoms with Crippen molar-refractivity contribution in [2.75, 3.05) is 0 Å². The van der Waals surface area contributed by atoms with Gasteiger partial charge in [-0.05, 0) is 0 Å². The van der Waals surface area contributed by atoms with Gasteiger partial charge in [-0.1, -0.05) is 24.3 Å². The fourth-order valence-electron chi connectivity index (χ4n) is 0.840. The summed E-state index contributed by atoms with van der Waals surface area (Å²) in [6, 6.07) is 0. The summed E-state index contributed by atoms with van der Waals surface area (Å²) in [5.41, 5.74) is 0. The van der Waals surface area contributed by atoms with Crippen molar-refractivity contribution >= 4 is 23.2 Å². The molecular formula is C7H5Cl2F3. The van der Waals surface area contributed by atoms with Gasteiger partial charge in [-0.2, -0.15) is 13.2 Å². The molecule has 0 fully saturated rings. The summed E-state index contributed by atoms with van der Waals surface area (Å²) in [5.74, 6) is 0.